The van der Waals surface area contributed by atoms with E-state index in [0.717, 1.165) is 42.5 Å². The first-order valence-corrected chi connectivity index (χ1v) is 8.91. The molecule has 0 atom stereocenters. The number of carbonyl (C=O) groups is 2. The van der Waals surface area contributed by atoms with Crippen LogP contribution in [0.4, 0.5) is 5.69 Å². The minimum Gasteiger partial charge on any atom is -0.462 e. The van der Waals surface area contributed by atoms with Gasteiger partial charge in [0.1, 0.15) is 0 Å². The van der Waals surface area contributed by atoms with Crippen LogP contribution in [-0.2, 0) is 9.53 Å². The number of halogens is 1. The molecule has 1 N–H and O–H groups in total. The molecule has 1 aliphatic rings. The summed E-state index contributed by atoms with van der Waals surface area (Å²) >= 11 is 6.06. The Kier molecular flexibility index (Phi) is 6.24. The molecule has 0 aromatic heterocycles. The maximum absolute atomic E-state index is 12.6. The zero-order valence-corrected chi connectivity index (χ0v) is 15.4. The minimum atomic E-state index is -0.473. The van der Waals surface area contributed by atoms with Crippen LogP contribution >= 0.6 is 11.6 Å². The standard InChI is InChI=1S/C18H25ClN2O3/c1-4-21(8-6-7-9-21)12-16(22)20-17-13(3)10-14(19)11-15(17)18(23)24-5-2/h10-11H,4-9,12H2,1-3H3/p+1. The van der Waals surface area contributed by atoms with Crippen LogP contribution in [0.2, 0.25) is 5.02 Å². The fourth-order valence-electron chi connectivity index (χ4n) is 3.35. The molecule has 1 amide bonds. The van der Waals surface area contributed by atoms with Gasteiger partial charge in [0.15, 0.2) is 6.54 Å². The van der Waals surface area contributed by atoms with Gasteiger partial charge in [0.2, 0.25) is 0 Å². The van der Waals surface area contributed by atoms with Crippen molar-refractivity contribution in [3.63, 3.8) is 0 Å². The van der Waals surface area contributed by atoms with Crippen molar-refractivity contribution in [1.29, 1.82) is 0 Å². The molecule has 2 rings (SSSR count). The Balaban J connectivity index is 2.21. The Morgan fingerprint density at radius 3 is 2.50 bits per heavy atom. The molecule has 6 heteroatoms. The van der Waals surface area contributed by atoms with Crippen LogP contribution in [0.1, 0.15) is 42.6 Å². The van der Waals surface area contributed by atoms with Gasteiger partial charge in [0.25, 0.3) is 5.91 Å². The van der Waals surface area contributed by atoms with Gasteiger partial charge in [-0.1, -0.05) is 11.6 Å². The number of benzene rings is 1. The molecule has 0 saturated carbocycles. The second-order valence-electron chi connectivity index (χ2n) is 6.38. The predicted molar refractivity (Wildman–Crippen MR) is 95.4 cm³/mol. The molecule has 0 spiro atoms. The Morgan fingerprint density at radius 1 is 1.25 bits per heavy atom. The normalized spacial score (nSPS) is 16.0. The summed E-state index contributed by atoms with van der Waals surface area (Å²) in [6.07, 6.45) is 2.32. The van der Waals surface area contributed by atoms with Gasteiger partial charge in [-0.25, -0.2) is 4.79 Å². The number of anilines is 1. The van der Waals surface area contributed by atoms with E-state index in [-0.39, 0.29) is 12.5 Å². The van der Waals surface area contributed by atoms with Crippen LogP contribution in [0, 0.1) is 6.92 Å². The molecule has 0 radical (unpaired) electrons. The molecular formula is C18H26ClN2O3+. The number of rotatable bonds is 6. The smallest absolute Gasteiger partial charge is 0.340 e. The van der Waals surface area contributed by atoms with Gasteiger partial charge in [0.05, 0.1) is 37.5 Å². The monoisotopic (exact) mass is 353 g/mol. The third kappa shape index (κ3) is 4.28. The summed E-state index contributed by atoms with van der Waals surface area (Å²) in [6.45, 7) is 9.41. The van der Waals surface area contributed by atoms with Crippen molar-refractivity contribution < 1.29 is 18.8 Å². The SMILES string of the molecule is CCOC(=O)c1cc(Cl)cc(C)c1NC(=O)C[N+]1(CC)CCCC1. The van der Waals surface area contributed by atoms with E-state index >= 15 is 0 Å². The molecule has 1 aromatic rings. The van der Waals surface area contributed by atoms with Gasteiger partial charge >= 0.3 is 5.97 Å². The Morgan fingerprint density at radius 2 is 1.92 bits per heavy atom. The Hall–Kier alpha value is -1.59. The van der Waals surface area contributed by atoms with E-state index in [4.69, 9.17) is 16.3 Å². The van der Waals surface area contributed by atoms with Crippen molar-refractivity contribution >= 4 is 29.2 Å². The average molecular weight is 354 g/mol. The van der Waals surface area contributed by atoms with Crippen molar-refractivity contribution in [3.05, 3.63) is 28.3 Å². The van der Waals surface area contributed by atoms with Gasteiger partial charge in [0, 0.05) is 17.9 Å². The maximum Gasteiger partial charge on any atom is 0.340 e. The lowest BCUT2D eigenvalue weighted by atomic mass is 10.1. The average Bonchev–Trinajstić information content (AvgIpc) is 2.99. The summed E-state index contributed by atoms with van der Waals surface area (Å²) in [4.78, 5) is 24.8. The van der Waals surface area contributed by atoms with Gasteiger partial charge in [-0.2, -0.15) is 0 Å². The van der Waals surface area contributed by atoms with E-state index in [1.54, 1.807) is 19.1 Å². The Bertz CT molecular complexity index is 625. The number of quaternary nitrogens is 1. The number of ether oxygens (including phenoxy) is 1. The molecule has 1 aliphatic heterocycles. The maximum atomic E-state index is 12.6. The van der Waals surface area contributed by atoms with E-state index < -0.39 is 5.97 Å². The third-order valence-corrected chi connectivity index (χ3v) is 4.94. The van der Waals surface area contributed by atoms with Crippen molar-refractivity contribution in [1.82, 2.24) is 0 Å². The van der Waals surface area contributed by atoms with Crippen molar-refractivity contribution in [2.45, 2.75) is 33.6 Å². The van der Waals surface area contributed by atoms with E-state index in [1.807, 2.05) is 6.92 Å². The number of likely N-dealkylation sites (N-methyl/N-ethyl adjacent to an activating group) is 1. The summed E-state index contributed by atoms with van der Waals surface area (Å²) in [5, 5.41) is 3.37. The summed E-state index contributed by atoms with van der Waals surface area (Å²) in [5.41, 5.74) is 1.55. The van der Waals surface area contributed by atoms with Crippen LogP contribution in [0.15, 0.2) is 12.1 Å². The summed E-state index contributed by atoms with van der Waals surface area (Å²) in [7, 11) is 0. The topological polar surface area (TPSA) is 55.4 Å². The Labute approximate surface area is 148 Å². The summed E-state index contributed by atoms with van der Waals surface area (Å²) in [5.74, 6) is -0.548. The fraction of sp³-hybridized carbons (Fsp3) is 0.556. The molecule has 1 fully saturated rings. The van der Waals surface area contributed by atoms with E-state index in [0.29, 0.717) is 22.8 Å². The largest absolute Gasteiger partial charge is 0.462 e. The first kappa shape index (κ1) is 18.7. The first-order valence-electron chi connectivity index (χ1n) is 8.53. The zero-order valence-electron chi connectivity index (χ0n) is 14.7. The molecule has 0 bridgehead atoms. The molecular weight excluding hydrogens is 328 g/mol. The highest BCUT2D eigenvalue weighted by molar-refractivity contribution is 6.31. The van der Waals surface area contributed by atoms with Crippen molar-refractivity contribution in [2.75, 3.05) is 38.1 Å². The third-order valence-electron chi connectivity index (χ3n) is 4.72. The number of likely N-dealkylation sites (tertiary alicyclic amines) is 1. The molecule has 1 heterocycles. The number of amides is 1. The molecule has 132 valence electrons. The van der Waals surface area contributed by atoms with Gasteiger partial charge in [-0.3, -0.25) is 4.79 Å². The fourth-order valence-corrected chi connectivity index (χ4v) is 3.63. The van der Waals surface area contributed by atoms with E-state index in [1.165, 1.54) is 0 Å². The first-order chi connectivity index (χ1) is 11.4. The number of nitrogens with one attached hydrogen (secondary N) is 1. The lowest BCUT2D eigenvalue weighted by molar-refractivity contribution is -0.907. The van der Waals surface area contributed by atoms with Crippen LogP contribution in [-0.4, -0.2) is 49.1 Å². The van der Waals surface area contributed by atoms with Gasteiger partial charge in [-0.05, 0) is 38.5 Å². The molecule has 0 unspecified atom stereocenters. The van der Waals surface area contributed by atoms with Crippen LogP contribution in [0.25, 0.3) is 0 Å². The highest BCUT2D eigenvalue weighted by Crippen LogP contribution is 2.27. The van der Waals surface area contributed by atoms with Crippen LogP contribution < -0.4 is 5.32 Å². The minimum absolute atomic E-state index is 0.0743. The van der Waals surface area contributed by atoms with Crippen LogP contribution in [0.5, 0.6) is 0 Å². The number of hydrogen-bond donors (Lipinski definition) is 1. The number of esters is 1. The molecule has 0 aliphatic carbocycles. The molecule has 5 nitrogen and oxygen atoms in total. The summed E-state index contributed by atoms with van der Waals surface area (Å²) < 4.78 is 5.89. The highest BCUT2D eigenvalue weighted by atomic mass is 35.5. The second-order valence-corrected chi connectivity index (χ2v) is 6.82. The van der Waals surface area contributed by atoms with E-state index in [2.05, 4.69) is 12.2 Å². The lowest BCUT2D eigenvalue weighted by Gasteiger charge is -2.32. The van der Waals surface area contributed by atoms with Crippen molar-refractivity contribution in [2.24, 2.45) is 0 Å². The summed E-state index contributed by atoms with van der Waals surface area (Å²) in [6, 6.07) is 3.28. The quantitative estimate of drug-likeness (QED) is 0.630. The second kappa shape index (κ2) is 7.99. The van der Waals surface area contributed by atoms with Crippen molar-refractivity contribution in [3.8, 4) is 0 Å². The number of nitrogens with zero attached hydrogens (tertiary/aromatic N) is 1. The van der Waals surface area contributed by atoms with E-state index in [9.17, 15) is 9.59 Å². The molecule has 24 heavy (non-hydrogen) atoms. The number of hydrogen-bond acceptors (Lipinski definition) is 3. The van der Waals surface area contributed by atoms with Crippen LogP contribution in [0.3, 0.4) is 0 Å². The highest BCUT2D eigenvalue weighted by Gasteiger charge is 2.33. The predicted octanol–water partition coefficient (Wildman–Crippen LogP) is 3.39. The lowest BCUT2D eigenvalue weighted by Crippen LogP contribution is -2.50. The van der Waals surface area contributed by atoms with Gasteiger partial charge < -0.3 is 14.5 Å². The molecule has 1 saturated heterocycles. The van der Waals surface area contributed by atoms with Gasteiger partial charge in [-0.15, -0.1) is 0 Å². The number of aryl methyl sites for hydroxylation is 1. The zero-order chi connectivity index (χ0) is 17.7. The number of carbonyl (C=O) groups excluding carboxylic acids is 2. The molecule has 1 aromatic carbocycles.